The Morgan fingerprint density at radius 1 is 1.19 bits per heavy atom. The summed E-state index contributed by atoms with van der Waals surface area (Å²) >= 11 is 7.28. The van der Waals surface area contributed by atoms with Crippen molar-refractivity contribution in [3.8, 4) is 0 Å². The fourth-order valence-corrected chi connectivity index (χ4v) is 3.91. The van der Waals surface area contributed by atoms with Crippen molar-refractivity contribution in [3.05, 3.63) is 65.2 Å². The fraction of sp³-hybridized carbons (Fsp3) is 0.263. The van der Waals surface area contributed by atoms with Crippen molar-refractivity contribution < 1.29 is 14.3 Å². The van der Waals surface area contributed by atoms with Gasteiger partial charge in [0.1, 0.15) is 12.6 Å². The number of alkyl carbamates (subject to hydrolysis) is 1. The van der Waals surface area contributed by atoms with Gasteiger partial charge in [-0.2, -0.15) is 0 Å². The molecule has 0 bridgehead atoms. The first-order valence-corrected chi connectivity index (χ1v) is 9.28. The van der Waals surface area contributed by atoms with Gasteiger partial charge in [0.25, 0.3) is 5.91 Å². The minimum absolute atomic E-state index is 0.155. The topological polar surface area (TPSA) is 58.6 Å². The van der Waals surface area contributed by atoms with Gasteiger partial charge in [-0.1, -0.05) is 41.9 Å². The highest BCUT2D eigenvalue weighted by molar-refractivity contribution is 8.03. The first kappa shape index (κ1) is 18.6. The van der Waals surface area contributed by atoms with Gasteiger partial charge in [0, 0.05) is 5.02 Å². The maximum Gasteiger partial charge on any atom is 0.408 e. The van der Waals surface area contributed by atoms with E-state index in [4.69, 9.17) is 16.3 Å². The van der Waals surface area contributed by atoms with Gasteiger partial charge in [-0.05, 0) is 55.6 Å². The molecule has 1 N–H and O–H groups in total. The van der Waals surface area contributed by atoms with Crippen LogP contribution in [0.5, 0.6) is 0 Å². The van der Waals surface area contributed by atoms with E-state index < -0.39 is 16.9 Å². The summed E-state index contributed by atoms with van der Waals surface area (Å²) in [5, 5.41) is 3.30. The molecule has 26 heavy (non-hydrogen) atoms. The van der Waals surface area contributed by atoms with E-state index in [1.807, 2.05) is 44.2 Å². The van der Waals surface area contributed by atoms with Crippen LogP contribution in [-0.4, -0.2) is 22.8 Å². The Bertz CT molecular complexity index is 796. The number of anilines is 1. The molecule has 1 atom stereocenters. The number of carbonyl (C=O) groups excluding carboxylic acids is 2. The molecule has 7 heteroatoms. The molecular weight excluding hydrogens is 372 g/mol. The standard InChI is InChI=1S/C19H19ClN2O3S/c1-19(2)16(21-18(24)25-12-13-6-4-3-5-7-13)17(23)22(26-19)15-10-8-14(20)9-11-15/h3-11,16H,12H2,1-2H3,(H,21,24). The van der Waals surface area contributed by atoms with Crippen LogP contribution in [0.15, 0.2) is 54.6 Å². The van der Waals surface area contributed by atoms with Gasteiger partial charge < -0.3 is 10.1 Å². The molecule has 2 amide bonds. The van der Waals surface area contributed by atoms with E-state index in [0.717, 1.165) is 11.3 Å². The summed E-state index contributed by atoms with van der Waals surface area (Å²) in [7, 11) is 0. The van der Waals surface area contributed by atoms with Gasteiger partial charge in [0.05, 0.1) is 10.4 Å². The number of rotatable bonds is 4. The van der Waals surface area contributed by atoms with Gasteiger partial charge in [-0.15, -0.1) is 0 Å². The molecule has 0 aliphatic carbocycles. The quantitative estimate of drug-likeness (QED) is 0.785. The van der Waals surface area contributed by atoms with E-state index >= 15 is 0 Å². The Hall–Kier alpha value is -2.18. The molecule has 136 valence electrons. The minimum Gasteiger partial charge on any atom is -0.445 e. The van der Waals surface area contributed by atoms with Crippen LogP contribution in [0.1, 0.15) is 19.4 Å². The molecule has 0 spiro atoms. The lowest BCUT2D eigenvalue weighted by atomic mass is 10.0. The average molecular weight is 391 g/mol. The summed E-state index contributed by atoms with van der Waals surface area (Å²) in [4.78, 5) is 25.0. The zero-order valence-corrected chi connectivity index (χ0v) is 16.0. The number of nitrogens with one attached hydrogen (secondary N) is 1. The highest BCUT2D eigenvalue weighted by atomic mass is 35.5. The van der Waals surface area contributed by atoms with Crippen molar-refractivity contribution in [2.75, 3.05) is 4.31 Å². The summed E-state index contributed by atoms with van der Waals surface area (Å²) in [5.41, 5.74) is 1.61. The minimum atomic E-state index is -0.688. The summed E-state index contributed by atoms with van der Waals surface area (Å²) in [6, 6.07) is 15.7. The van der Waals surface area contributed by atoms with E-state index in [2.05, 4.69) is 5.32 Å². The SMILES string of the molecule is CC1(C)SN(c2ccc(Cl)cc2)C(=O)C1NC(=O)OCc1ccccc1. The van der Waals surface area contributed by atoms with Crippen LogP contribution >= 0.6 is 23.5 Å². The highest BCUT2D eigenvalue weighted by Crippen LogP contribution is 2.42. The molecule has 0 saturated carbocycles. The lowest BCUT2D eigenvalue weighted by Gasteiger charge is -2.22. The zero-order valence-electron chi connectivity index (χ0n) is 14.4. The van der Waals surface area contributed by atoms with Crippen LogP contribution in [0.3, 0.4) is 0 Å². The van der Waals surface area contributed by atoms with E-state index in [1.165, 1.54) is 11.9 Å². The molecule has 1 unspecified atom stereocenters. The van der Waals surface area contributed by atoms with E-state index in [9.17, 15) is 9.59 Å². The molecule has 0 aromatic heterocycles. The molecule has 3 rings (SSSR count). The normalized spacial score (nSPS) is 18.7. The highest BCUT2D eigenvalue weighted by Gasteiger charge is 2.49. The number of carbonyl (C=O) groups is 2. The van der Waals surface area contributed by atoms with E-state index in [0.29, 0.717) is 5.02 Å². The summed E-state index contributed by atoms with van der Waals surface area (Å²) in [5.74, 6) is -0.195. The van der Waals surface area contributed by atoms with Crippen LogP contribution in [0.2, 0.25) is 5.02 Å². The number of amides is 2. The van der Waals surface area contributed by atoms with Crippen molar-refractivity contribution in [1.82, 2.24) is 5.32 Å². The second-order valence-electron chi connectivity index (χ2n) is 6.44. The molecule has 1 fully saturated rings. The summed E-state index contributed by atoms with van der Waals surface area (Å²) in [6.45, 7) is 3.98. The molecule has 2 aromatic carbocycles. The molecule has 5 nitrogen and oxygen atoms in total. The fourth-order valence-electron chi connectivity index (χ4n) is 2.62. The first-order chi connectivity index (χ1) is 12.4. The molecular formula is C19H19ClN2O3S. The number of halogens is 1. The van der Waals surface area contributed by atoms with Crippen LogP contribution in [0, 0.1) is 0 Å². The monoisotopic (exact) mass is 390 g/mol. The Balaban J connectivity index is 1.65. The largest absolute Gasteiger partial charge is 0.445 e. The van der Waals surface area contributed by atoms with E-state index in [1.54, 1.807) is 28.6 Å². The van der Waals surface area contributed by atoms with Crippen LogP contribution in [0.25, 0.3) is 0 Å². The number of benzene rings is 2. The van der Waals surface area contributed by atoms with Gasteiger partial charge in [-0.25, -0.2) is 4.79 Å². The Kier molecular flexibility index (Phi) is 5.44. The lowest BCUT2D eigenvalue weighted by molar-refractivity contribution is -0.119. The molecule has 0 radical (unpaired) electrons. The first-order valence-electron chi connectivity index (χ1n) is 8.13. The van der Waals surface area contributed by atoms with Crippen molar-refractivity contribution in [1.29, 1.82) is 0 Å². The molecule has 1 heterocycles. The molecule has 1 aliphatic rings. The Morgan fingerprint density at radius 3 is 2.50 bits per heavy atom. The molecule has 1 aliphatic heterocycles. The van der Waals surface area contributed by atoms with Crippen molar-refractivity contribution >= 4 is 41.2 Å². The predicted molar refractivity (Wildman–Crippen MR) is 104 cm³/mol. The number of nitrogens with zero attached hydrogens (tertiary/aromatic N) is 1. The number of hydrogen-bond donors (Lipinski definition) is 1. The average Bonchev–Trinajstić information content (AvgIpc) is 2.85. The second-order valence-corrected chi connectivity index (χ2v) is 8.48. The Labute approximate surface area is 161 Å². The van der Waals surface area contributed by atoms with Crippen LogP contribution < -0.4 is 9.62 Å². The van der Waals surface area contributed by atoms with Crippen molar-refractivity contribution in [2.24, 2.45) is 0 Å². The third-order valence-electron chi connectivity index (χ3n) is 4.00. The molecule has 2 aromatic rings. The van der Waals surface area contributed by atoms with Gasteiger partial charge in [-0.3, -0.25) is 9.10 Å². The van der Waals surface area contributed by atoms with Gasteiger partial charge in [0.2, 0.25) is 0 Å². The Morgan fingerprint density at radius 2 is 1.85 bits per heavy atom. The maximum atomic E-state index is 12.8. The third-order valence-corrected chi connectivity index (χ3v) is 5.54. The summed E-state index contributed by atoms with van der Waals surface area (Å²) < 4.78 is 6.31. The van der Waals surface area contributed by atoms with E-state index in [-0.39, 0.29) is 12.5 Å². The number of hydrogen-bond acceptors (Lipinski definition) is 4. The van der Waals surface area contributed by atoms with Gasteiger partial charge in [0.15, 0.2) is 0 Å². The lowest BCUT2D eigenvalue weighted by Crippen LogP contribution is -2.49. The van der Waals surface area contributed by atoms with Gasteiger partial charge >= 0.3 is 6.09 Å². The van der Waals surface area contributed by atoms with Crippen LogP contribution in [0.4, 0.5) is 10.5 Å². The van der Waals surface area contributed by atoms with Crippen LogP contribution in [-0.2, 0) is 16.1 Å². The predicted octanol–water partition coefficient (Wildman–Crippen LogP) is 4.41. The smallest absolute Gasteiger partial charge is 0.408 e. The number of ether oxygens (including phenoxy) is 1. The third kappa shape index (κ3) is 4.14. The second kappa shape index (κ2) is 7.60. The van der Waals surface area contributed by atoms with Crippen molar-refractivity contribution in [3.63, 3.8) is 0 Å². The zero-order chi connectivity index (χ0) is 18.7. The van der Waals surface area contributed by atoms with Crippen molar-refractivity contribution in [2.45, 2.75) is 31.2 Å². The maximum absolute atomic E-state index is 12.8. The molecule has 1 saturated heterocycles. The summed E-state index contributed by atoms with van der Waals surface area (Å²) in [6.07, 6.45) is -0.612.